The number of hydrogen-bond donors (Lipinski definition) is 2. The molecule has 0 saturated carbocycles. The van der Waals surface area contributed by atoms with Crippen LogP contribution < -0.4 is 10.9 Å². The van der Waals surface area contributed by atoms with Gasteiger partial charge in [0.25, 0.3) is 5.56 Å². The Kier molecular flexibility index (Phi) is 5.14. The lowest BCUT2D eigenvalue weighted by Crippen LogP contribution is -2.25. The van der Waals surface area contributed by atoms with E-state index in [1.54, 1.807) is 13.2 Å². The molecule has 5 nitrogen and oxygen atoms in total. The summed E-state index contributed by atoms with van der Waals surface area (Å²) in [5.41, 5.74) is 0.407. The van der Waals surface area contributed by atoms with Gasteiger partial charge in [-0.05, 0) is 28.3 Å². The van der Waals surface area contributed by atoms with Crippen LogP contribution in [0.5, 0.6) is 0 Å². The van der Waals surface area contributed by atoms with Gasteiger partial charge in [0.05, 0.1) is 18.0 Å². The van der Waals surface area contributed by atoms with Crippen LogP contribution in [0.1, 0.15) is 20.3 Å². The second-order valence-electron chi connectivity index (χ2n) is 4.47. The second kappa shape index (κ2) is 6.16. The van der Waals surface area contributed by atoms with Gasteiger partial charge in [0.2, 0.25) is 0 Å². The third kappa shape index (κ3) is 4.12. The minimum atomic E-state index is -0.425. The molecule has 1 atom stereocenters. The summed E-state index contributed by atoms with van der Waals surface area (Å²) in [6, 6.07) is 0. The molecule has 0 radical (unpaired) electrons. The standard InChI is InChI=1S/C11H18BrN3O2/c1-7(2)4-8(16)5-13-9-6-14-15(3)11(17)10(9)12/h6-8,13,16H,4-5H2,1-3H3. The lowest BCUT2D eigenvalue weighted by Gasteiger charge is -2.15. The SMILES string of the molecule is CC(C)CC(O)CNc1cnn(C)c(=O)c1Br. The number of aromatic nitrogens is 2. The molecule has 0 aliphatic heterocycles. The van der Waals surface area contributed by atoms with Gasteiger partial charge in [0.15, 0.2) is 0 Å². The third-order valence-electron chi connectivity index (χ3n) is 2.35. The molecule has 1 aromatic heterocycles. The smallest absolute Gasteiger partial charge is 0.282 e. The Morgan fingerprint density at radius 2 is 2.24 bits per heavy atom. The van der Waals surface area contributed by atoms with Crippen molar-refractivity contribution < 1.29 is 5.11 Å². The zero-order valence-corrected chi connectivity index (χ0v) is 11.9. The van der Waals surface area contributed by atoms with E-state index >= 15 is 0 Å². The number of nitrogens with zero attached hydrogens (tertiary/aromatic N) is 2. The largest absolute Gasteiger partial charge is 0.391 e. The summed E-state index contributed by atoms with van der Waals surface area (Å²) in [6.07, 6.45) is 1.86. The topological polar surface area (TPSA) is 67.2 Å². The van der Waals surface area contributed by atoms with Gasteiger partial charge in [-0.1, -0.05) is 13.8 Å². The van der Waals surface area contributed by atoms with Crippen molar-refractivity contribution in [3.8, 4) is 0 Å². The van der Waals surface area contributed by atoms with Crippen LogP contribution in [0.15, 0.2) is 15.5 Å². The molecule has 0 aliphatic rings. The van der Waals surface area contributed by atoms with Gasteiger partial charge >= 0.3 is 0 Å². The number of halogens is 1. The van der Waals surface area contributed by atoms with Crippen LogP contribution in [-0.4, -0.2) is 27.5 Å². The molecule has 0 aliphatic carbocycles. The maximum atomic E-state index is 11.6. The molecule has 0 spiro atoms. The molecule has 1 heterocycles. The Labute approximate surface area is 109 Å². The van der Waals surface area contributed by atoms with E-state index in [1.165, 1.54) is 4.68 Å². The molecule has 2 N–H and O–H groups in total. The van der Waals surface area contributed by atoms with Gasteiger partial charge in [-0.15, -0.1) is 0 Å². The molecule has 1 aromatic rings. The Morgan fingerprint density at radius 3 is 2.82 bits per heavy atom. The van der Waals surface area contributed by atoms with Crippen molar-refractivity contribution in [3.63, 3.8) is 0 Å². The van der Waals surface area contributed by atoms with E-state index < -0.39 is 6.10 Å². The Bertz CT molecular complexity index is 431. The van der Waals surface area contributed by atoms with Gasteiger partial charge in [-0.3, -0.25) is 4.79 Å². The number of aryl methyl sites for hydroxylation is 1. The molecule has 6 heteroatoms. The molecule has 0 aromatic carbocycles. The van der Waals surface area contributed by atoms with Crippen LogP contribution in [0.4, 0.5) is 5.69 Å². The molecule has 1 unspecified atom stereocenters. The minimum Gasteiger partial charge on any atom is -0.391 e. The van der Waals surface area contributed by atoms with Crippen LogP contribution in [0.2, 0.25) is 0 Å². The Balaban J connectivity index is 2.64. The van der Waals surface area contributed by atoms with Crippen molar-refractivity contribution in [2.75, 3.05) is 11.9 Å². The van der Waals surface area contributed by atoms with Crippen molar-refractivity contribution in [3.05, 3.63) is 21.0 Å². The average molecular weight is 304 g/mol. The summed E-state index contributed by atoms with van der Waals surface area (Å²) in [6.45, 7) is 4.52. The fourth-order valence-electron chi connectivity index (χ4n) is 1.49. The maximum absolute atomic E-state index is 11.6. The number of rotatable bonds is 5. The monoisotopic (exact) mass is 303 g/mol. The quantitative estimate of drug-likeness (QED) is 0.862. The second-order valence-corrected chi connectivity index (χ2v) is 5.26. The van der Waals surface area contributed by atoms with Crippen LogP contribution in [-0.2, 0) is 7.05 Å². The van der Waals surface area contributed by atoms with E-state index in [-0.39, 0.29) is 5.56 Å². The number of anilines is 1. The van der Waals surface area contributed by atoms with Gasteiger partial charge in [0.1, 0.15) is 4.47 Å². The highest BCUT2D eigenvalue weighted by atomic mass is 79.9. The lowest BCUT2D eigenvalue weighted by molar-refractivity contribution is 0.161. The highest BCUT2D eigenvalue weighted by Crippen LogP contribution is 2.16. The third-order valence-corrected chi connectivity index (χ3v) is 3.12. The fraction of sp³-hybridized carbons (Fsp3) is 0.636. The summed E-state index contributed by atoms with van der Waals surface area (Å²) in [5.74, 6) is 0.442. The van der Waals surface area contributed by atoms with E-state index in [0.29, 0.717) is 22.6 Å². The molecule has 0 fully saturated rings. The molecule has 0 saturated heterocycles. The van der Waals surface area contributed by atoms with E-state index in [2.05, 4.69) is 40.2 Å². The van der Waals surface area contributed by atoms with Crippen molar-refractivity contribution in [1.29, 1.82) is 0 Å². The van der Waals surface area contributed by atoms with Gasteiger partial charge in [-0.2, -0.15) is 5.10 Å². The number of aliphatic hydroxyl groups is 1. The van der Waals surface area contributed by atoms with E-state index in [0.717, 1.165) is 6.42 Å². The van der Waals surface area contributed by atoms with Gasteiger partial charge < -0.3 is 10.4 Å². The summed E-state index contributed by atoms with van der Waals surface area (Å²) < 4.78 is 1.69. The first-order chi connectivity index (χ1) is 7.91. The normalized spacial score (nSPS) is 12.8. The predicted octanol–water partition coefficient (Wildman–Crippen LogP) is 1.36. The molecule has 96 valence electrons. The van der Waals surface area contributed by atoms with Crippen LogP contribution in [0.25, 0.3) is 0 Å². The molecule has 0 bridgehead atoms. The molecule has 1 rings (SSSR count). The molecular formula is C11H18BrN3O2. The summed E-state index contributed by atoms with van der Waals surface area (Å²) >= 11 is 3.21. The molecule has 17 heavy (non-hydrogen) atoms. The zero-order chi connectivity index (χ0) is 13.0. The van der Waals surface area contributed by atoms with Crippen molar-refractivity contribution >= 4 is 21.6 Å². The van der Waals surface area contributed by atoms with Crippen LogP contribution >= 0.6 is 15.9 Å². The number of aliphatic hydroxyl groups excluding tert-OH is 1. The summed E-state index contributed by atoms with van der Waals surface area (Å²) in [5, 5.41) is 16.6. The van der Waals surface area contributed by atoms with E-state index in [4.69, 9.17) is 0 Å². The van der Waals surface area contributed by atoms with Crippen molar-refractivity contribution in [1.82, 2.24) is 9.78 Å². The lowest BCUT2D eigenvalue weighted by atomic mass is 10.1. The number of nitrogens with one attached hydrogen (secondary N) is 1. The van der Waals surface area contributed by atoms with Crippen LogP contribution in [0.3, 0.4) is 0 Å². The minimum absolute atomic E-state index is 0.201. The highest BCUT2D eigenvalue weighted by Gasteiger charge is 2.10. The van der Waals surface area contributed by atoms with E-state index in [9.17, 15) is 9.90 Å². The maximum Gasteiger partial charge on any atom is 0.282 e. The highest BCUT2D eigenvalue weighted by molar-refractivity contribution is 9.10. The van der Waals surface area contributed by atoms with E-state index in [1.807, 2.05) is 0 Å². The fourth-order valence-corrected chi connectivity index (χ4v) is 1.99. The first kappa shape index (κ1) is 14.2. The molecule has 0 amide bonds. The zero-order valence-electron chi connectivity index (χ0n) is 10.3. The van der Waals surface area contributed by atoms with Crippen molar-refractivity contribution in [2.45, 2.75) is 26.4 Å². The summed E-state index contributed by atoms with van der Waals surface area (Å²) in [4.78, 5) is 11.6. The first-order valence-corrected chi connectivity index (χ1v) is 6.34. The Morgan fingerprint density at radius 1 is 1.59 bits per heavy atom. The molecular weight excluding hydrogens is 286 g/mol. The number of hydrogen-bond acceptors (Lipinski definition) is 4. The first-order valence-electron chi connectivity index (χ1n) is 5.55. The predicted molar refractivity (Wildman–Crippen MR) is 71.1 cm³/mol. The average Bonchev–Trinajstić information content (AvgIpc) is 2.24. The Hall–Kier alpha value is -0.880. The van der Waals surface area contributed by atoms with Crippen molar-refractivity contribution in [2.24, 2.45) is 13.0 Å². The van der Waals surface area contributed by atoms with Gasteiger partial charge in [-0.25, -0.2) is 4.68 Å². The van der Waals surface area contributed by atoms with Gasteiger partial charge in [0, 0.05) is 13.6 Å². The van der Waals surface area contributed by atoms with Crippen LogP contribution in [0, 0.1) is 5.92 Å². The summed E-state index contributed by atoms with van der Waals surface area (Å²) in [7, 11) is 1.59.